The predicted molar refractivity (Wildman–Crippen MR) is 48.2 cm³/mol. The van der Waals surface area contributed by atoms with Gasteiger partial charge >= 0.3 is 6.18 Å². The van der Waals surface area contributed by atoms with Gasteiger partial charge in [-0.3, -0.25) is 4.98 Å². The van der Waals surface area contributed by atoms with Crippen molar-refractivity contribution in [2.45, 2.75) is 12.1 Å². The highest BCUT2D eigenvalue weighted by molar-refractivity contribution is 6.31. The van der Waals surface area contributed by atoms with E-state index in [9.17, 15) is 13.2 Å². The smallest absolute Gasteiger partial charge is 0.257 e. The topological polar surface area (TPSA) is 60.5 Å². The van der Waals surface area contributed by atoms with E-state index in [1.165, 1.54) is 0 Å². The van der Waals surface area contributed by atoms with Crippen LogP contribution in [0.2, 0.25) is 5.02 Å². The Labute approximate surface area is 93.7 Å². The number of halogens is 4. The Bertz CT molecular complexity index is 470. The largest absolute Gasteiger partial charge is 0.417 e. The van der Waals surface area contributed by atoms with Gasteiger partial charge in [0, 0.05) is 6.20 Å². The van der Waals surface area contributed by atoms with E-state index >= 15 is 0 Å². The second-order valence-electron chi connectivity index (χ2n) is 2.78. The van der Waals surface area contributed by atoms with E-state index in [0.717, 1.165) is 0 Å². The fourth-order valence-corrected chi connectivity index (χ4v) is 1.24. The Hall–Kier alpha value is -1.79. The highest BCUT2D eigenvalue weighted by Gasteiger charge is 2.32. The molecule has 1 aromatic rings. The van der Waals surface area contributed by atoms with E-state index in [1.807, 2.05) is 0 Å². The van der Waals surface area contributed by atoms with Gasteiger partial charge in [0.25, 0.3) is 0 Å². The van der Waals surface area contributed by atoms with Gasteiger partial charge in [-0.1, -0.05) is 11.6 Å². The first-order valence-electron chi connectivity index (χ1n) is 3.92. The zero-order valence-corrected chi connectivity index (χ0v) is 8.34. The van der Waals surface area contributed by atoms with Gasteiger partial charge in [0.2, 0.25) is 0 Å². The van der Waals surface area contributed by atoms with Crippen LogP contribution in [0.1, 0.15) is 17.2 Å². The molecule has 0 amide bonds. The molecule has 0 saturated carbocycles. The lowest BCUT2D eigenvalue weighted by molar-refractivity contribution is -0.137. The van der Waals surface area contributed by atoms with Gasteiger partial charge in [0.15, 0.2) is 5.92 Å². The number of alkyl halides is 3. The molecular formula is C9H3ClF3N3. The maximum Gasteiger partial charge on any atom is 0.417 e. The van der Waals surface area contributed by atoms with Gasteiger partial charge in [-0.15, -0.1) is 0 Å². The van der Waals surface area contributed by atoms with Gasteiger partial charge in [-0.2, -0.15) is 23.7 Å². The van der Waals surface area contributed by atoms with Crippen molar-refractivity contribution >= 4 is 11.6 Å². The summed E-state index contributed by atoms with van der Waals surface area (Å²) >= 11 is 5.52. The van der Waals surface area contributed by atoms with Gasteiger partial charge in [-0.25, -0.2) is 0 Å². The van der Waals surface area contributed by atoms with Crippen LogP contribution >= 0.6 is 11.6 Å². The van der Waals surface area contributed by atoms with Crippen LogP contribution in [0.4, 0.5) is 13.2 Å². The molecule has 3 nitrogen and oxygen atoms in total. The zero-order chi connectivity index (χ0) is 12.3. The van der Waals surface area contributed by atoms with Crippen molar-refractivity contribution in [1.29, 1.82) is 10.5 Å². The molecule has 0 fully saturated rings. The van der Waals surface area contributed by atoms with Crippen molar-refractivity contribution in [2.75, 3.05) is 0 Å². The summed E-state index contributed by atoms with van der Waals surface area (Å²) in [5.74, 6) is -1.27. The molecule has 0 aliphatic carbocycles. The van der Waals surface area contributed by atoms with Crippen LogP contribution in [0.5, 0.6) is 0 Å². The minimum absolute atomic E-state index is 0.167. The second-order valence-corrected chi connectivity index (χ2v) is 3.19. The lowest BCUT2D eigenvalue weighted by atomic mass is 10.1. The molecule has 0 unspecified atom stereocenters. The second kappa shape index (κ2) is 4.38. The number of rotatable bonds is 1. The molecule has 0 aliphatic rings. The molecule has 0 N–H and O–H groups in total. The number of nitriles is 2. The molecule has 7 heteroatoms. The first-order chi connectivity index (χ1) is 7.40. The van der Waals surface area contributed by atoms with Gasteiger partial charge in [0.1, 0.15) is 0 Å². The van der Waals surface area contributed by atoms with Crippen molar-refractivity contribution in [3.63, 3.8) is 0 Å². The Balaban J connectivity index is 3.22. The minimum Gasteiger partial charge on any atom is -0.257 e. The average molecular weight is 246 g/mol. The summed E-state index contributed by atoms with van der Waals surface area (Å²) in [7, 11) is 0. The summed E-state index contributed by atoms with van der Waals surface area (Å²) in [5, 5.41) is 16.7. The van der Waals surface area contributed by atoms with Crippen molar-refractivity contribution in [1.82, 2.24) is 4.98 Å². The fourth-order valence-electron chi connectivity index (χ4n) is 0.967. The Kier molecular flexibility index (Phi) is 3.36. The van der Waals surface area contributed by atoms with Gasteiger partial charge in [-0.05, 0) is 6.07 Å². The van der Waals surface area contributed by atoms with Crippen LogP contribution in [-0.4, -0.2) is 4.98 Å². The summed E-state index contributed by atoms with van der Waals surface area (Å²) in [6.45, 7) is 0. The van der Waals surface area contributed by atoms with Crippen molar-refractivity contribution in [3.8, 4) is 12.1 Å². The van der Waals surface area contributed by atoms with E-state index in [-0.39, 0.29) is 10.7 Å². The highest BCUT2D eigenvalue weighted by atomic mass is 35.5. The van der Waals surface area contributed by atoms with Crippen molar-refractivity contribution in [2.24, 2.45) is 0 Å². The maximum absolute atomic E-state index is 12.2. The Morgan fingerprint density at radius 3 is 2.25 bits per heavy atom. The summed E-state index contributed by atoms with van der Waals surface area (Å²) in [4.78, 5) is 3.39. The fraction of sp³-hybridized carbons (Fsp3) is 0.222. The van der Waals surface area contributed by atoms with E-state index in [4.69, 9.17) is 22.1 Å². The normalized spacial score (nSPS) is 10.9. The molecule has 0 aliphatic heterocycles. The first kappa shape index (κ1) is 12.3. The maximum atomic E-state index is 12.2. The summed E-state index contributed by atoms with van der Waals surface area (Å²) < 4.78 is 36.7. The minimum atomic E-state index is -4.55. The molecule has 0 spiro atoms. The van der Waals surface area contributed by atoms with Gasteiger partial charge < -0.3 is 0 Å². The third-order valence-electron chi connectivity index (χ3n) is 1.73. The van der Waals surface area contributed by atoms with E-state index in [0.29, 0.717) is 12.3 Å². The molecule has 0 saturated heterocycles. The summed E-state index contributed by atoms with van der Waals surface area (Å²) in [6, 6.07) is 3.80. The van der Waals surface area contributed by atoms with Crippen LogP contribution in [0.15, 0.2) is 12.3 Å². The van der Waals surface area contributed by atoms with Crippen LogP contribution in [0.25, 0.3) is 0 Å². The zero-order valence-electron chi connectivity index (χ0n) is 7.59. The standard InChI is InChI=1S/C9H3ClF3N3/c10-7-1-6(9(11,12)13)4-16-8(7)5(2-14)3-15/h1,4-5H. The number of hydrogen-bond acceptors (Lipinski definition) is 3. The molecule has 1 rings (SSSR count). The van der Waals surface area contributed by atoms with Crippen molar-refractivity contribution in [3.05, 3.63) is 28.5 Å². The van der Waals surface area contributed by atoms with Crippen LogP contribution in [0, 0.1) is 22.7 Å². The van der Waals surface area contributed by atoms with Crippen molar-refractivity contribution < 1.29 is 13.2 Å². The molecule has 0 atom stereocenters. The molecule has 1 aromatic heterocycles. The summed E-state index contributed by atoms with van der Waals surface area (Å²) in [6.07, 6.45) is -4.01. The van der Waals surface area contributed by atoms with Crippen LogP contribution in [-0.2, 0) is 6.18 Å². The number of hydrogen-bond donors (Lipinski definition) is 0. The predicted octanol–water partition coefficient (Wildman–Crippen LogP) is 2.88. The molecule has 0 bridgehead atoms. The third kappa shape index (κ3) is 2.41. The highest BCUT2D eigenvalue weighted by Crippen LogP contribution is 2.32. The quantitative estimate of drug-likeness (QED) is 0.764. The molecule has 0 aromatic carbocycles. The molecule has 82 valence electrons. The SMILES string of the molecule is N#CC(C#N)c1ncc(C(F)(F)F)cc1Cl. The monoisotopic (exact) mass is 245 g/mol. The molecular weight excluding hydrogens is 243 g/mol. The third-order valence-corrected chi connectivity index (χ3v) is 2.03. The lowest BCUT2D eigenvalue weighted by Gasteiger charge is -2.08. The first-order valence-corrected chi connectivity index (χ1v) is 4.29. The van der Waals surface area contributed by atoms with E-state index in [2.05, 4.69) is 4.98 Å². The van der Waals surface area contributed by atoms with Gasteiger partial charge in [0.05, 0.1) is 28.4 Å². The number of aromatic nitrogens is 1. The van der Waals surface area contributed by atoms with E-state index < -0.39 is 17.7 Å². The Morgan fingerprint density at radius 1 is 1.31 bits per heavy atom. The van der Waals surface area contributed by atoms with E-state index in [1.54, 1.807) is 12.1 Å². The average Bonchev–Trinajstić information content (AvgIpc) is 2.20. The number of pyridine rings is 1. The molecule has 1 heterocycles. The molecule has 16 heavy (non-hydrogen) atoms. The molecule has 0 radical (unpaired) electrons. The summed E-state index contributed by atoms with van der Waals surface area (Å²) in [5.41, 5.74) is -1.18. The number of nitrogens with zero attached hydrogens (tertiary/aromatic N) is 3. The Morgan fingerprint density at radius 2 is 1.88 bits per heavy atom. The van der Waals surface area contributed by atoms with Crippen LogP contribution < -0.4 is 0 Å². The lowest BCUT2D eigenvalue weighted by Crippen LogP contribution is -2.07. The van der Waals surface area contributed by atoms with Crippen LogP contribution in [0.3, 0.4) is 0 Å².